The minimum atomic E-state index is 0.994. The van der Waals surface area contributed by atoms with E-state index in [9.17, 15) is 0 Å². The number of nitrogens with zero attached hydrogens (tertiary/aromatic N) is 2. The Balaban J connectivity index is 3.12. The third-order valence-corrected chi connectivity index (χ3v) is 1.90. The van der Waals surface area contributed by atoms with E-state index < -0.39 is 0 Å². The Morgan fingerprint density at radius 3 is 2.58 bits per heavy atom. The lowest BCUT2D eigenvalue weighted by atomic mass is 10.2. The first-order valence-electron chi connectivity index (χ1n) is 4.28. The van der Waals surface area contributed by atoms with Gasteiger partial charge in [0, 0.05) is 20.3 Å². The number of rotatable bonds is 2. The lowest BCUT2D eigenvalue weighted by Gasteiger charge is -2.16. The van der Waals surface area contributed by atoms with Crippen LogP contribution in [0.2, 0.25) is 0 Å². The van der Waals surface area contributed by atoms with Crippen molar-refractivity contribution >= 4 is 5.69 Å². The van der Waals surface area contributed by atoms with E-state index in [2.05, 4.69) is 43.9 Å². The maximum atomic E-state index is 4.38. The van der Waals surface area contributed by atoms with Crippen molar-refractivity contribution in [3.8, 4) is 0 Å². The van der Waals surface area contributed by atoms with Crippen LogP contribution in [0.15, 0.2) is 12.3 Å². The minimum absolute atomic E-state index is 0.994. The second-order valence-corrected chi connectivity index (χ2v) is 3.23. The van der Waals surface area contributed by atoms with Crippen LogP contribution in [-0.4, -0.2) is 19.1 Å². The fourth-order valence-electron chi connectivity index (χ4n) is 1.24. The van der Waals surface area contributed by atoms with Crippen LogP contribution >= 0.6 is 0 Å². The second-order valence-electron chi connectivity index (χ2n) is 3.23. The van der Waals surface area contributed by atoms with E-state index in [1.165, 1.54) is 16.9 Å². The van der Waals surface area contributed by atoms with Crippen molar-refractivity contribution in [2.45, 2.75) is 20.3 Å². The van der Waals surface area contributed by atoms with E-state index in [1.54, 1.807) is 0 Å². The summed E-state index contributed by atoms with van der Waals surface area (Å²) >= 11 is 0. The fourth-order valence-corrected chi connectivity index (χ4v) is 1.24. The zero-order chi connectivity index (χ0) is 9.14. The van der Waals surface area contributed by atoms with E-state index in [1.807, 2.05) is 6.20 Å². The normalized spacial score (nSPS) is 10.0. The molecule has 0 atom stereocenters. The van der Waals surface area contributed by atoms with Gasteiger partial charge < -0.3 is 4.90 Å². The molecule has 0 aromatic carbocycles. The molecule has 0 aliphatic heterocycles. The van der Waals surface area contributed by atoms with Crippen LogP contribution in [0.4, 0.5) is 5.69 Å². The van der Waals surface area contributed by atoms with Gasteiger partial charge in [-0.1, -0.05) is 6.92 Å². The summed E-state index contributed by atoms with van der Waals surface area (Å²) in [5.74, 6) is 0. The zero-order valence-corrected chi connectivity index (χ0v) is 8.26. The summed E-state index contributed by atoms with van der Waals surface area (Å²) < 4.78 is 0. The number of anilines is 1. The SMILES string of the molecule is CCc1ncc(C)cc1N(C)C. The lowest BCUT2D eigenvalue weighted by Crippen LogP contribution is -2.12. The topological polar surface area (TPSA) is 16.1 Å². The molecular weight excluding hydrogens is 148 g/mol. The van der Waals surface area contributed by atoms with Gasteiger partial charge in [0.15, 0.2) is 0 Å². The van der Waals surface area contributed by atoms with E-state index in [-0.39, 0.29) is 0 Å². The van der Waals surface area contributed by atoms with E-state index >= 15 is 0 Å². The highest BCUT2D eigenvalue weighted by molar-refractivity contribution is 5.50. The Bertz CT molecular complexity index is 267. The molecule has 0 aliphatic carbocycles. The van der Waals surface area contributed by atoms with Crippen molar-refractivity contribution in [3.05, 3.63) is 23.5 Å². The molecule has 2 nitrogen and oxygen atoms in total. The maximum absolute atomic E-state index is 4.38. The number of hydrogen-bond donors (Lipinski definition) is 0. The fraction of sp³-hybridized carbons (Fsp3) is 0.500. The van der Waals surface area contributed by atoms with Gasteiger partial charge in [-0.15, -0.1) is 0 Å². The summed E-state index contributed by atoms with van der Waals surface area (Å²) in [4.78, 5) is 6.49. The third kappa shape index (κ3) is 1.76. The molecule has 1 heterocycles. The first-order valence-corrected chi connectivity index (χ1v) is 4.28. The molecule has 0 saturated carbocycles. The Morgan fingerprint density at radius 2 is 2.08 bits per heavy atom. The highest BCUT2D eigenvalue weighted by atomic mass is 15.1. The van der Waals surface area contributed by atoms with Crippen LogP contribution < -0.4 is 4.90 Å². The molecule has 0 bridgehead atoms. The first kappa shape index (κ1) is 9.04. The average Bonchev–Trinajstić information content (AvgIpc) is 2.04. The van der Waals surface area contributed by atoms with Crippen molar-refractivity contribution in [1.29, 1.82) is 0 Å². The summed E-state index contributed by atoms with van der Waals surface area (Å²) in [6.45, 7) is 4.20. The van der Waals surface area contributed by atoms with Crippen LogP contribution in [0, 0.1) is 6.92 Å². The molecule has 0 amide bonds. The molecule has 1 aromatic rings. The van der Waals surface area contributed by atoms with Crippen molar-refractivity contribution in [2.75, 3.05) is 19.0 Å². The molecule has 0 unspecified atom stereocenters. The zero-order valence-electron chi connectivity index (χ0n) is 8.26. The molecule has 1 rings (SSSR count). The van der Waals surface area contributed by atoms with Gasteiger partial charge in [0.2, 0.25) is 0 Å². The number of aromatic nitrogens is 1. The molecular formula is C10H16N2. The summed E-state index contributed by atoms with van der Waals surface area (Å²) in [5.41, 5.74) is 3.62. The van der Waals surface area contributed by atoms with Crippen LogP contribution in [-0.2, 0) is 6.42 Å². The summed E-state index contributed by atoms with van der Waals surface area (Å²) in [6.07, 6.45) is 2.92. The Morgan fingerprint density at radius 1 is 1.42 bits per heavy atom. The summed E-state index contributed by atoms with van der Waals surface area (Å²) in [6, 6.07) is 2.17. The van der Waals surface area contributed by atoms with Crippen molar-refractivity contribution < 1.29 is 0 Å². The van der Waals surface area contributed by atoms with Crippen molar-refractivity contribution in [3.63, 3.8) is 0 Å². The Labute approximate surface area is 74.2 Å². The van der Waals surface area contributed by atoms with Gasteiger partial charge in [-0.2, -0.15) is 0 Å². The average molecular weight is 164 g/mol. The third-order valence-electron chi connectivity index (χ3n) is 1.90. The van der Waals surface area contributed by atoms with Gasteiger partial charge in [-0.05, 0) is 25.0 Å². The lowest BCUT2D eigenvalue weighted by molar-refractivity contribution is 0.985. The second kappa shape index (κ2) is 3.57. The molecule has 0 spiro atoms. The molecule has 2 heteroatoms. The first-order chi connectivity index (χ1) is 5.65. The van der Waals surface area contributed by atoms with Crippen LogP contribution in [0.25, 0.3) is 0 Å². The standard InChI is InChI=1S/C10H16N2/c1-5-9-10(12(3)4)6-8(2)7-11-9/h6-7H,5H2,1-4H3. The van der Waals surface area contributed by atoms with Crippen LogP contribution in [0.5, 0.6) is 0 Å². The minimum Gasteiger partial charge on any atom is -0.376 e. The highest BCUT2D eigenvalue weighted by Gasteiger charge is 2.03. The molecule has 0 fully saturated rings. The van der Waals surface area contributed by atoms with Crippen LogP contribution in [0.3, 0.4) is 0 Å². The van der Waals surface area contributed by atoms with Crippen molar-refractivity contribution in [1.82, 2.24) is 4.98 Å². The number of hydrogen-bond acceptors (Lipinski definition) is 2. The van der Waals surface area contributed by atoms with Crippen molar-refractivity contribution in [2.24, 2.45) is 0 Å². The summed E-state index contributed by atoms with van der Waals surface area (Å²) in [7, 11) is 4.10. The molecule has 12 heavy (non-hydrogen) atoms. The van der Waals surface area contributed by atoms with Gasteiger partial charge in [0.25, 0.3) is 0 Å². The van der Waals surface area contributed by atoms with Gasteiger partial charge in [-0.25, -0.2) is 0 Å². The van der Waals surface area contributed by atoms with Gasteiger partial charge in [0.05, 0.1) is 11.4 Å². The predicted octanol–water partition coefficient (Wildman–Crippen LogP) is 2.02. The maximum Gasteiger partial charge on any atom is 0.0633 e. The summed E-state index contributed by atoms with van der Waals surface area (Å²) in [5, 5.41) is 0. The predicted molar refractivity (Wildman–Crippen MR) is 52.7 cm³/mol. The smallest absolute Gasteiger partial charge is 0.0633 e. The van der Waals surface area contributed by atoms with Gasteiger partial charge >= 0.3 is 0 Å². The molecule has 1 aromatic heterocycles. The monoisotopic (exact) mass is 164 g/mol. The van der Waals surface area contributed by atoms with Gasteiger partial charge in [0.1, 0.15) is 0 Å². The molecule has 66 valence electrons. The molecule has 0 N–H and O–H groups in total. The van der Waals surface area contributed by atoms with E-state index in [0.29, 0.717) is 0 Å². The molecule has 0 aliphatic rings. The number of aryl methyl sites for hydroxylation is 2. The van der Waals surface area contributed by atoms with E-state index in [4.69, 9.17) is 0 Å². The number of pyridine rings is 1. The largest absolute Gasteiger partial charge is 0.376 e. The van der Waals surface area contributed by atoms with E-state index in [0.717, 1.165) is 6.42 Å². The highest BCUT2D eigenvalue weighted by Crippen LogP contribution is 2.17. The van der Waals surface area contributed by atoms with Gasteiger partial charge in [-0.3, -0.25) is 4.98 Å². The molecule has 0 radical (unpaired) electrons. The molecule has 0 saturated heterocycles. The quantitative estimate of drug-likeness (QED) is 0.664. The van der Waals surface area contributed by atoms with Crippen LogP contribution in [0.1, 0.15) is 18.2 Å². The Kier molecular flexibility index (Phi) is 2.69. The Hall–Kier alpha value is -1.05.